The van der Waals surface area contributed by atoms with Crippen LogP contribution in [-0.2, 0) is 16.0 Å². The van der Waals surface area contributed by atoms with E-state index in [0.29, 0.717) is 26.1 Å². The monoisotopic (exact) mass is 478 g/mol. The zero-order valence-electron chi connectivity index (χ0n) is 20.1. The molecule has 9 nitrogen and oxygen atoms in total. The second-order valence-corrected chi connectivity index (χ2v) is 9.23. The van der Waals surface area contributed by atoms with Crippen LogP contribution in [0.15, 0.2) is 42.5 Å². The number of phenols is 1. The highest BCUT2D eigenvalue weighted by atomic mass is 16.5. The number of hydrogen-bond acceptors (Lipinski definition) is 6. The Morgan fingerprint density at radius 2 is 2.00 bits per heavy atom. The molecule has 2 aromatic carbocycles. The Labute approximate surface area is 203 Å². The molecule has 3 heterocycles. The Bertz CT molecular complexity index is 1290. The van der Waals surface area contributed by atoms with Crippen LogP contribution in [0.4, 0.5) is 4.79 Å². The van der Waals surface area contributed by atoms with E-state index in [4.69, 9.17) is 9.47 Å². The van der Waals surface area contributed by atoms with Gasteiger partial charge in [-0.3, -0.25) is 14.6 Å². The van der Waals surface area contributed by atoms with Crippen LogP contribution in [0.3, 0.4) is 0 Å². The molecular formula is C26H30N4O5. The number of aromatic amines is 1. The number of aromatic hydroxyl groups is 1. The van der Waals surface area contributed by atoms with Crippen LogP contribution < -0.4 is 10.1 Å². The third kappa shape index (κ3) is 3.71. The van der Waals surface area contributed by atoms with Crippen molar-refractivity contribution in [1.82, 2.24) is 20.1 Å². The predicted octanol–water partition coefficient (Wildman–Crippen LogP) is 2.79. The minimum Gasteiger partial charge on any atom is -0.508 e. The molecule has 5 rings (SSSR count). The van der Waals surface area contributed by atoms with Gasteiger partial charge >= 0.3 is 6.03 Å². The highest BCUT2D eigenvalue weighted by Crippen LogP contribution is 2.49. The van der Waals surface area contributed by atoms with Crippen molar-refractivity contribution in [3.63, 3.8) is 0 Å². The predicted molar refractivity (Wildman–Crippen MR) is 131 cm³/mol. The molecule has 9 heteroatoms. The Morgan fingerprint density at radius 3 is 2.74 bits per heavy atom. The second kappa shape index (κ2) is 8.90. The fraction of sp³-hybridized carbons (Fsp3) is 0.385. The molecule has 2 aliphatic rings. The van der Waals surface area contributed by atoms with Gasteiger partial charge in [-0.25, -0.2) is 4.79 Å². The molecule has 35 heavy (non-hydrogen) atoms. The zero-order valence-corrected chi connectivity index (χ0v) is 20.1. The van der Waals surface area contributed by atoms with E-state index in [1.807, 2.05) is 31.2 Å². The van der Waals surface area contributed by atoms with E-state index in [0.717, 1.165) is 33.5 Å². The van der Waals surface area contributed by atoms with Gasteiger partial charge in [-0.05, 0) is 48.4 Å². The number of ether oxygens (including phenoxy) is 2. The molecule has 184 valence electrons. The van der Waals surface area contributed by atoms with Crippen molar-refractivity contribution < 1.29 is 24.2 Å². The quantitative estimate of drug-likeness (QED) is 0.340. The number of fused-ring (bicyclic) bond motifs is 4. The van der Waals surface area contributed by atoms with Gasteiger partial charge in [0.25, 0.3) is 5.91 Å². The summed E-state index contributed by atoms with van der Waals surface area (Å²) in [7, 11) is 3.25. The molecule has 1 fully saturated rings. The van der Waals surface area contributed by atoms with Crippen molar-refractivity contribution >= 4 is 22.8 Å². The molecule has 3 amide bonds. The summed E-state index contributed by atoms with van der Waals surface area (Å²) < 4.78 is 10.5. The summed E-state index contributed by atoms with van der Waals surface area (Å²) in [5.41, 5.74) is 2.40. The molecule has 3 N–H and O–H groups in total. The van der Waals surface area contributed by atoms with Crippen molar-refractivity contribution in [1.29, 1.82) is 0 Å². The number of hydrogen-bond donors (Lipinski definition) is 3. The third-order valence-corrected chi connectivity index (χ3v) is 7.05. The van der Waals surface area contributed by atoms with E-state index in [9.17, 15) is 14.7 Å². The number of carbonyl (C=O) groups excluding carboxylic acids is 2. The fourth-order valence-electron chi connectivity index (χ4n) is 5.35. The Kier molecular flexibility index (Phi) is 5.90. The smallest absolute Gasteiger partial charge is 0.328 e. The highest BCUT2D eigenvalue weighted by molar-refractivity contribution is 6.08. The van der Waals surface area contributed by atoms with Gasteiger partial charge in [-0.1, -0.05) is 12.1 Å². The number of benzene rings is 2. The molecule has 1 aromatic heterocycles. The summed E-state index contributed by atoms with van der Waals surface area (Å²) in [5, 5.41) is 14.4. The van der Waals surface area contributed by atoms with E-state index in [2.05, 4.69) is 10.3 Å². The minimum atomic E-state index is -1.06. The number of amides is 3. The SMILES string of the molecule is COCCNCCN1C(=O)N2C(c3cccc(O)c3)c3[nH]c4ccc(OC)cc4c3C[C@@]2(C)C1=O. The number of methoxy groups -OCH3 is 2. The molecule has 0 bridgehead atoms. The van der Waals surface area contributed by atoms with Gasteiger partial charge in [-0.15, -0.1) is 0 Å². The van der Waals surface area contributed by atoms with Crippen LogP contribution in [0.5, 0.6) is 11.5 Å². The Balaban J connectivity index is 1.60. The lowest BCUT2D eigenvalue weighted by Crippen LogP contribution is -2.53. The number of urea groups is 1. The van der Waals surface area contributed by atoms with Gasteiger partial charge in [0.15, 0.2) is 0 Å². The van der Waals surface area contributed by atoms with Crippen LogP contribution in [0, 0.1) is 0 Å². The number of aromatic nitrogens is 1. The van der Waals surface area contributed by atoms with Gasteiger partial charge in [0, 0.05) is 49.8 Å². The van der Waals surface area contributed by atoms with E-state index in [-0.39, 0.29) is 24.2 Å². The number of carbonyl (C=O) groups is 2. The Morgan fingerprint density at radius 1 is 1.17 bits per heavy atom. The van der Waals surface area contributed by atoms with Gasteiger partial charge < -0.3 is 24.9 Å². The van der Waals surface area contributed by atoms with Crippen LogP contribution >= 0.6 is 0 Å². The van der Waals surface area contributed by atoms with Gasteiger partial charge in [0.05, 0.1) is 13.7 Å². The number of nitrogens with zero attached hydrogens (tertiary/aromatic N) is 2. The maximum absolute atomic E-state index is 13.8. The first-order chi connectivity index (χ1) is 16.9. The lowest BCUT2D eigenvalue weighted by molar-refractivity contribution is -0.133. The Hall–Kier alpha value is -3.56. The minimum absolute atomic E-state index is 0.103. The average Bonchev–Trinajstić information content (AvgIpc) is 3.29. The van der Waals surface area contributed by atoms with E-state index < -0.39 is 11.6 Å². The first-order valence-corrected chi connectivity index (χ1v) is 11.7. The second-order valence-electron chi connectivity index (χ2n) is 9.23. The number of rotatable bonds is 8. The van der Waals surface area contributed by atoms with Crippen LogP contribution in [0.1, 0.15) is 29.8 Å². The van der Waals surface area contributed by atoms with E-state index in [1.165, 1.54) is 4.90 Å². The maximum atomic E-state index is 13.8. The van der Waals surface area contributed by atoms with Crippen LogP contribution in [0.2, 0.25) is 0 Å². The van der Waals surface area contributed by atoms with Crippen molar-refractivity contribution in [2.75, 3.05) is 40.5 Å². The molecule has 1 unspecified atom stereocenters. The number of imide groups is 1. The first kappa shape index (κ1) is 23.2. The molecule has 3 aromatic rings. The fourth-order valence-corrected chi connectivity index (χ4v) is 5.35. The zero-order chi connectivity index (χ0) is 24.7. The molecule has 2 aliphatic heterocycles. The summed E-state index contributed by atoms with van der Waals surface area (Å²) in [6.07, 6.45) is 0.378. The molecule has 0 saturated carbocycles. The molecule has 0 spiro atoms. The lowest BCUT2D eigenvalue weighted by atomic mass is 9.81. The topological polar surface area (TPSA) is 107 Å². The van der Waals surface area contributed by atoms with Crippen LogP contribution in [0.25, 0.3) is 10.9 Å². The molecule has 2 atom stereocenters. The van der Waals surface area contributed by atoms with Gasteiger partial charge in [0.2, 0.25) is 0 Å². The average molecular weight is 479 g/mol. The number of nitrogens with one attached hydrogen (secondary N) is 2. The van der Waals surface area contributed by atoms with E-state index in [1.54, 1.807) is 37.3 Å². The standard InChI is InChI=1S/C26H30N4O5/c1-26-15-20-19-14-18(35-3)7-8-21(19)28-22(20)23(16-5-4-6-17(31)13-16)30(26)25(33)29(24(26)32)11-9-27-10-12-34-2/h4-8,13-14,23,27-28,31H,9-12,15H2,1-3H3/t23?,26-/m0/s1. The van der Waals surface area contributed by atoms with Gasteiger partial charge in [0.1, 0.15) is 23.1 Å². The molecule has 0 radical (unpaired) electrons. The lowest BCUT2D eigenvalue weighted by Gasteiger charge is -2.42. The molecule has 1 saturated heterocycles. The summed E-state index contributed by atoms with van der Waals surface area (Å²) in [6.45, 7) is 3.77. The molecular weight excluding hydrogens is 448 g/mol. The van der Waals surface area contributed by atoms with Crippen molar-refractivity contribution in [2.45, 2.75) is 24.9 Å². The van der Waals surface area contributed by atoms with Crippen molar-refractivity contribution in [2.24, 2.45) is 0 Å². The molecule has 0 aliphatic carbocycles. The maximum Gasteiger partial charge on any atom is 0.328 e. The van der Waals surface area contributed by atoms with Crippen molar-refractivity contribution in [3.8, 4) is 11.5 Å². The van der Waals surface area contributed by atoms with Crippen molar-refractivity contribution in [3.05, 3.63) is 59.3 Å². The number of H-pyrrole nitrogens is 1. The highest BCUT2D eigenvalue weighted by Gasteiger charge is 2.60. The largest absolute Gasteiger partial charge is 0.508 e. The van der Waals surface area contributed by atoms with Gasteiger partial charge in [-0.2, -0.15) is 0 Å². The van der Waals surface area contributed by atoms with Crippen LogP contribution in [-0.4, -0.2) is 77.8 Å². The third-order valence-electron chi connectivity index (χ3n) is 7.05. The summed E-state index contributed by atoms with van der Waals surface area (Å²) >= 11 is 0. The summed E-state index contributed by atoms with van der Waals surface area (Å²) in [6, 6.07) is 11.8. The summed E-state index contributed by atoms with van der Waals surface area (Å²) in [5.74, 6) is 0.605. The first-order valence-electron chi connectivity index (χ1n) is 11.7. The normalized spacial score (nSPS) is 21.5. The number of phenolic OH excluding ortho intramolecular Hbond substituents is 1. The van der Waals surface area contributed by atoms with E-state index >= 15 is 0 Å². The summed E-state index contributed by atoms with van der Waals surface area (Å²) in [4.78, 5) is 34.0.